The first-order valence-electron chi connectivity index (χ1n) is 6.97. The summed E-state index contributed by atoms with van der Waals surface area (Å²) in [6.07, 6.45) is 0. The van der Waals surface area contributed by atoms with Crippen LogP contribution in [0.2, 0.25) is 0 Å². The van der Waals surface area contributed by atoms with Crippen LogP contribution in [-0.4, -0.2) is 36.3 Å². The second kappa shape index (κ2) is 5.57. The molecule has 0 atom stereocenters. The fraction of sp³-hybridized carbons (Fsp3) is 0.333. The molecule has 0 radical (unpaired) electrons. The van der Waals surface area contributed by atoms with Crippen molar-refractivity contribution in [3.05, 3.63) is 30.1 Å². The summed E-state index contributed by atoms with van der Waals surface area (Å²) in [7, 11) is 0. The van der Waals surface area contributed by atoms with Gasteiger partial charge in [0.05, 0.1) is 18.9 Å². The lowest BCUT2D eigenvalue weighted by molar-refractivity contribution is 0.122. The van der Waals surface area contributed by atoms with Crippen molar-refractivity contribution in [2.75, 3.05) is 42.7 Å². The molecule has 1 aliphatic heterocycles. The number of aryl methyl sites for hydroxylation is 1. The van der Waals surface area contributed by atoms with Gasteiger partial charge in [-0.3, -0.25) is 0 Å². The fourth-order valence-corrected chi connectivity index (χ4v) is 2.44. The van der Waals surface area contributed by atoms with E-state index in [9.17, 15) is 0 Å². The van der Waals surface area contributed by atoms with Crippen LogP contribution in [0.25, 0.3) is 11.3 Å². The lowest BCUT2D eigenvalue weighted by Gasteiger charge is -2.28. The lowest BCUT2D eigenvalue weighted by atomic mass is 10.1. The van der Waals surface area contributed by atoms with Gasteiger partial charge in [-0.05, 0) is 25.1 Å². The van der Waals surface area contributed by atoms with Crippen molar-refractivity contribution in [1.29, 1.82) is 0 Å². The number of rotatable bonds is 2. The minimum Gasteiger partial charge on any atom is -0.399 e. The Morgan fingerprint density at radius 1 is 1.10 bits per heavy atom. The quantitative estimate of drug-likeness (QED) is 0.812. The number of nitrogens with two attached hydrogens (primary N) is 2. The highest BCUT2D eigenvalue weighted by atomic mass is 16.5. The largest absolute Gasteiger partial charge is 0.399 e. The van der Waals surface area contributed by atoms with Gasteiger partial charge in [0.15, 0.2) is 0 Å². The number of nitrogen functional groups attached to an aromatic ring is 2. The summed E-state index contributed by atoms with van der Waals surface area (Å²) >= 11 is 0. The van der Waals surface area contributed by atoms with Crippen LogP contribution in [0.3, 0.4) is 0 Å². The van der Waals surface area contributed by atoms with E-state index in [4.69, 9.17) is 16.2 Å². The Morgan fingerprint density at radius 3 is 2.62 bits per heavy atom. The van der Waals surface area contributed by atoms with Crippen molar-refractivity contribution in [2.24, 2.45) is 0 Å². The Kier molecular flexibility index (Phi) is 3.62. The number of nitrogens with zero attached hydrogens (tertiary/aromatic N) is 3. The molecule has 1 saturated heterocycles. The van der Waals surface area contributed by atoms with Crippen molar-refractivity contribution < 1.29 is 4.74 Å². The molecule has 3 rings (SSSR count). The Balaban J connectivity index is 2.02. The van der Waals surface area contributed by atoms with Crippen molar-refractivity contribution >= 4 is 17.2 Å². The lowest BCUT2D eigenvalue weighted by Crippen LogP contribution is -2.36. The van der Waals surface area contributed by atoms with Crippen molar-refractivity contribution in [1.82, 2.24) is 9.97 Å². The van der Waals surface area contributed by atoms with Crippen LogP contribution < -0.4 is 16.4 Å². The van der Waals surface area contributed by atoms with E-state index >= 15 is 0 Å². The number of anilines is 3. The van der Waals surface area contributed by atoms with Crippen molar-refractivity contribution in [2.45, 2.75) is 6.92 Å². The fourth-order valence-electron chi connectivity index (χ4n) is 2.44. The first-order chi connectivity index (χ1) is 10.1. The van der Waals surface area contributed by atoms with Gasteiger partial charge in [0.1, 0.15) is 11.6 Å². The van der Waals surface area contributed by atoms with Crippen LogP contribution in [0.1, 0.15) is 5.82 Å². The smallest absolute Gasteiger partial charge is 0.133 e. The van der Waals surface area contributed by atoms with Gasteiger partial charge in [-0.15, -0.1) is 0 Å². The summed E-state index contributed by atoms with van der Waals surface area (Å²) in [6, 6.07) is 7.40. The zero-order chi connectivity index (χ0) is 14.8. The molecular weight excluding hydrogens is 266 g/mol. The summed E-state index contributed by atoms with van der Waals surface area (Å²) in [5, 5.41) is 0. The standard InChI is InChI=1S/C15H19N5O/c1-10-18-14(12-8-11(16)2-3-13(12)17)9-15(19-10)20-4-6-21-7-5-20/h2-3,8-9H,4-7,16-17H2,1H3. The number of hydrogen-bond donors (Lipinski definition) is 2. The van der Waals surface area contributed by atoms with Gasteiger partial charge < -0.3 is 21.1 Å². The molecule has 110 valence electrons. The molecule has 1 aromatic heterocycles. The molecule has 6 heteroatoms. The molecule has 0 aliphatic carbocycles. The van der Waals surface area contributed by atoms with Gasteiger partial charge in [0.2, 0.25) is 0 Å². The molecule has 0 unspecified atom stereocenters. The van der Waals surface area contributed by atoms with E-state index in [-0.39, 0.29) is 0 Å². The number of hydrogen-bond acceptors (Lipinski definition) is 6. The molecule has 1 aliphatic rings. The van der Waals surface area contributed by atoms with Crippen LogP contribution in [-0.2, 0) is 4.74 Å². The number of ether oxygens (including phenoxy) is 1. The number of benzene rings is 1. The van der Waals surface area contributed by atoms with Gasteiger partial charge in [0.25, 0.3) is 0 Å². The third-order valence-corrected chi connectivity index (χ3v) is 3.51. The first-order valence-corrected chi connectivity index (χ1v) is 6.97. The highest BCUT2D eigenvalue weighted by Gasteiger charge is 2.15. The van der Waals surface area contributed by atoms with E-state index in [1.54, 1.807) is 12.1 Å². The van der Waals surface area contributed by atoms with E-state index < -0.39 is 0 Å². The van der Waals surface area contributed by atoms with E-state index in [1.807, 2.05) is 19.1 Å². The first kappa shape index (κ1) is 13.6. The molecule has 1 fully saturated rings. The SMILES string of the molecule is Cc1nc(-c2cc(N)ccc2N)cc(N2CCOCC2)n1. The minimum atomic E-state index is 0.662. The van der Waals surface area contributed by atoms with E-state index in [2.05, 4.69) is 14.9 Å². The molecular formula is C15H19N5O. The van der Waals surface area contributed by atoms with Crippen LogP contribution >= 0.6 is 0 Å². The molecule has 0 amide bonds. The van der Waals surface area contributed by atoms with Crippen LogP contribution in [0, 0.1) is 6.92 Å². The van der Waals surface area contributed by atoms with Crippen LogP contribution in [0.4, 0.5) is 17.2 Å². The van der Waals surface area contributed by atoms with E-state index in [0.717, 1.165) is 49.2 Å². The van der Waals surface area contributed by atoms with Crippen molar-refractivity contribution in [3.8, 4) is 11.3 Å². The van der Waals surface area contributed by atoms with Gasteiger partial charge in [-0.1, -0.05) is 0 Å². The molecule has 2 heterocycles. The van der Waals surface area contributed by atoms with Gasteiger partial charge >= 0.3 is 0 Å². The monoisotopic (exact) mass is 285 g/mol. The minimum absolute atomic E-state index is 0.662. The molecule has 4 N–H and O–H groups in total. The maximum Gasteiger partial charge on any atom is 0.133 e. The topological polar surface area (TPSA) is 90.3 Å². The Hall–Kier alpha value is -2.34. The second-order valence-corrected chi connectivity index (χ2v) is 5.10. The zero-order valence-corrected chi connectivity index (χ0v) is 12.0. The predicted octanol–water partition coefficient (Wildman–Crippen LogP) is 1.45. The van der Waals surface area contributed by atoms with Crippen molar-refractivity contribution in [3.63, 3.8) is 0 Å². The van der Waals surface area contributed by atoms with Gasteiger partial charge in [-0.25, -0.2) is 9.97 Å². The molecule has 6 nitrogen and oxygen atoms in total. The number of aromatic nitrogens is 2. The van der Waals surface area contributed by atoms with Crippen LogP contribution in [0.5, 0.6) is 0 Å². The Labute approximate surface area is 123 Å². The van der Waals surface area contributed by atoms with E-state index in [0.29, 0.717) is 11.4 Å². The molecule has 2 aromatic rings. The summed E-state index contributed by atoms with van der Waals surface area (Å²) in [5.41, 5.74) is 14.9. The van der Waals surface area contributed by atoms with Gasteiger partial charge in [0, 0.05) is 36.1 Å². The predicted molar refractivity (Wildman–Crippen MR) is 84.1 cm³/mol. The average Bonchev–Trinajstić information content (AvgIpc) is 2.50. The summed E-state index contributed by atoms with van der Waals surface area (Å²) in [4.78, 5) is 11.2. The highest BCUT2D eigenvalue weighted by molar-refractivity contribution is 5.78. The Morgan fingerprint density at radius 2 is 1.86 bits per heavy atom. The highest BCUT2D eigenvalue weighted by Crippen LogP contribution is 2.28. The molecule has 0 saturated carbocycles. The number of morpholine rings is 1. The van der Waals surface area contributed by atoms with E-state index in [1.165, 1.54) is 0 Å². The maximum atomic E-state index is 6.05. The summed E-state index contributed by atoms with van der Waals surface area (Å²) in [5.74, 6) is 1.62. The Bertz CT molecular complexity index is 653. The normalized spacial score (nSPS) is 15.2. The average molecular weight is 285 g/mol. The molecule has 0 bridgehead atoms. The molecule has 21 heavy (non-hydrogen) atoms. The van der Waals surface area contributed by atoms with Crippen LogP contribution in [0.15, 0.2) is 24.3 Å². The second-order valence-electron chi connectivity index (χ2n) is 5.10. The zero-order valence-electron chi connectivity index (χ0n) is 12.0. The third-order valence-electron chi connectivity index (χ3n) is 3.51. The summed E-state index contributed by atoms with van der Waals surface area (Å²) < 4.78 is 5.38. The summed E-state index contributed by atoms with van der Waals surface area (Å²) in [6.45, 7) is 5.00. The molecule has 0 spiro atoms. The third kappa shape index (κ3) is 2.90. The van der Waals surface area contributed by atoms with Gasteiger partial charge in [-0.2, -0.15) is 0 Å². The maximum absolute atomic E-state index is 6.05. The molecule has 1 aromatic carbocycles.